The standard InChI is InChI=1S/C11H18N4O2S/c1-2-13-10-8-12-9-11(14-10)15-4-3-6-18(16,17)7-5-15/h8-9H,2-7H2,1H3,(H,13,14). The monoisotopic (exact) mass is 270 g/mol. The smallest absolute Gasteiger partial charge is 0.152 e. The van der Waals surface area contributed by atoms with Gasteiger partial charge in [0.25, 0.3) is 0 Å². The van der Waals surface area contributed by atoms with Gasteiger partial charge in [-0.25, -0.2) is 13.4 Å². The highest BCUT2D eigenvalue weighted by Gasteiger charge is 2.20. The van der Waals surface area contributed by atoms with Gasteiger partial charge in [0.2, 0.25) is 0 Å². The fraction of sp³-hybridized carbons (Fsp3) is 0.636. The molecule has 18 heavy (non-hydrogen) atoms. The lowest BCUT2D eigenvalue weighted by atomic mass is 10.4. The molecule has 7 heteroatoms. The summed E-state index contributed by atoms with van der Waals surface area (Å²) < 4.78 is 23.1. The average Bonchev–Trinajstić information content (AvgIpc) is 2.51. The quantitative estimate of drug-likeness (QED) is 0.863. The zero-order valence-electron chi connectivity index (χ0n) is 10.5. The maximum absolute atomic E-state index is 11.5. The molecule has 1 aliphatic rings. The van der Waals surface area contributed by atoms with Gasteiger partial charge in [0.1, 0.15) is 11.6 Å². The third-order valence-electron chi connectivity index (χ3n) is 2.86. The summed E-state index contributed by atoms with van der Waals surface area (Å²) in [5, 5.41) is 3.10. The van der Waals surface area contributed by atoms with E-state index in [1.807, 2.05) is 11.8 Å². The Morgan fingerprint density at radius 3 is 2.94 bits per heavy atom. The normalized spacial score (nSPS) is 19.3. The van der Waals surface area contributed by atoms with Gasteiger partial charge in [0.05, 0.1) is 23.9 Å². The fourth-order valence-corrected chi connectivity index (χ4v) is 3.21. The summed E-state index contributed by atoms with van der Waals surface area (Å²) in [5.74, 6) is 1.93. The summed E-state index contributed by atoms with van der Waals surface area (Å²) >= 11 is 0. The molecule has 0 aromatic carbocycles. The van der Waals surface area contributed by atoms with Gasteiger partial charge in [-0.1, -0.05) is 0 Å². The van der Waals surface area contributed by atoms with Gasteiger partial charge in [0, 0.05) is 19.6 Å². The molecule has 0 aliphatic carbocycles. The molecule has 1 fully saturated rings. The Balaban J connectivity index is 2.13. The van der Waals surface area contributed by atoms with Gasteiger partial charge in [-0.15, -0.1) is 0 Å². The first-order valence-electron chi connectivity index (χ1n) is 6.12. The van der Waals surface area contributed by atoms with Crippen LogP contribution in [-0.4, -0.2) is 49.5 Å². The van der Waals surface area contributed by atoms with E-state index in [1.165, 1.54) is 0 Å². The van der Waals surface area contributed by atoms with Crippen LogP contribution in [0.15, 0.2) is 12.4 Å². The number of nitrogens with one attached hydrogen (secondary N) is 1. The lowest BCUT2D eigenvalue weighted by Gasteiger charge is -2.20. The van der Waals surface area contributed by atoms with Gasteiger partial charge < -0.3 is 10.2 Å². The largest absolute Gasteiger partial charge is 0.369 e. The molecule has 0 amide bonds. The first kappa shape index (κ1) is 13.1. The molecule has 100 valence electrons. The predicted octanol–water partition coefficient (Wildman–Crippen LogP) is 0.533. The van der Waals surface area contributed by atoms with Crippen molar-refractivity contribution in [3.8, 4) is 0 Å². The highest BCUT2D eigenvalue weighted by atomic mass is 32.2. The van der Waals surface area contributed by atoms with Crippen LogP contribution in [0.3, 0.4) is 0 Å². The van der Waals surface area contributed by atoms with Crippen LogP contribution in [0, 0.1) is 0 Å². The Labute approximate surface area is 107 Å². The van der Waals surface area contributed by atoms with Crippen LogP contribution in [0.2, 0.25) is 0 Å². The summed E-state index contributed by atoms with van der Waals surface area (Å²) in [7, 11) is -2.89. The Morgan fingerprint density at radius 2 is 2.17 bits per heavy atom. The highest BCUT2D eigenvalue weighted by Crippen LogP contribution is 2.15. The van der Waals surface area contributed by atoms with Crippen LogP contribution in [0.1, 0.15) is 13.3 Å². The van der Waals surface area contributed by atoms with Gasteiger partial charge in [-0.2, -0.15) is 0 Å². The second-order valence-corrected chi connectivity index (χ2v) is 6.59. The molecule has 0 saturated carbocycles. The van der Waals surface area contributed by atoms with Crippen molar-refractivity contribution in [2.75, 3.05) is 41.4 Å². The molecular weight excluding hydrogens is 252 g/mol. The molecule has 0 unspecified atom stereocenters. The van der Waals surface area contributed by atoms with Gasteiger partial charge >= 0.3 is 0 Å². The summed E-state index contributed by atoms with van der Waals surface area (Å²) in [5.41, 5.74) is 0. The molecule has 0 bridgehead atoms. The SMILES string of the molecule is CCNc1cncc(N2CCCS(=O)(=O)CC2)n1. The fourth-order valence-electron chi connectivity index (χ4n) is 1.94. The summed E-state index contributed by atoms with van der Waals surface area (Å²) in [4.78, 5) is 10.5. The number of aromatic nitrogens is 2. The van der Waals surface area contributed by atoms with E-state index in [4.69, 9.17) is 0 Å². The summed E-state index contributed by atoms with van der Waals surface area (Å²) in [6.07, 6.45) is 4.00. The minimum atomic E-state index is -2.89. The molecule has 1 aromatic heterocycles. The van der Waals surface area contributed by atoms with E-state index in [-0.39, 0.29) is 11.5 Å². The van der Waals surface area contributed by atoms with Gasteiger partial charge in [-0.3, -0.25) is 4.98 Å². The first-order chi connectivity index (χ1) is 8.61. The van der Waals surface area contributed by atoms with E-state index < -0.39 is 9.84 Å². The lowest BCUT2D eigenvalue weighted by Crippen LogP contribution is -2.27. The van der Waals surface area contributed by atoms with Crippen molar-refractivity contribution in [1.29, 1.82) is 0 Å². The van der Waals surface area contributed by atoms with Crippen LogP contribution in [0.25, 0.3) is 0 Å². The minimum absolute atomic E-state index is 0.195. The number of anilines is 2. The van der Waals surface area contributed by atoms with E-state index in [9.17, 15) is 8.42 Å². The molecule has 0 spiro atoms. The van der Waals surface area contributed by atoms with Crippen molar-refractivity contribution in [3.05, 3.63) is 12.4 Å². The first-order valence-corrected chi connectivity index (χ1v) is 7.94. The third kappa shape index (κ3) is 3.32. The molecule has 2 rings (SSSR count). The maximum atomic E-state index is 11.5. The van der Waals surface area contributed by atoms with E-state index >= 15 is 0 Å². The predicted molar refractivity (Wildman–Crippen MR) is 71.7 cm³/mol. The topological polar surface area (TPSA) is 75.2 Å². The van der Waals surface area contributed by atoms with Gasteiger partial charge in [-0.05, 0) is 13.3 Å². The van der Waals surface area contributed by atoms with Crippen LogP contribution >= 0.6 is 0 Å². The second kappa shape index (κ2) is 5.51. The molecule has 0 atom stereocenters. The van der Waals surface area contributed by atoms with Crippen molar-refractivity contribution in [3.63, 3.8) is 0 Å². The van der Waals surface area contributed by atoms with E-state index in [2.05, 4.69) is 15.3 Å². The zero-order valence-corrected chi connectivity index (χ0v) is 11.3. The van der Waals surface area contributed by atoms with Crippen LogP contribution < -0.4 is 10.2 Å². The minimum Gasteiger partial charge on any atom is -0.369 e. The number of nitrogens with zero attached hydrogens (tertiary/aromatic N) is 3. The molecule has 1 aromatic rings. The molecule has 6 nitrogen and oxygen atoms in total. The number of sulfone groups is 1. The molecule has 1 aliphatic heterocycles. The molecule has 0 radical (unpaired) electrons. The summed E-state index contributed by atoms with van der Waals surface area (Å²) in [6.45, 7) is 3.98. The van der Waals surface area contributed by atoms with Crippen molar-refractivity contribution < 1.29 is 8.42 Å². The van der Waals surface area contributed by atoms with Crippen molar-refractivity contribution in [1.82, 2.24) is 9.97 Å². The van der Waals surface area contributed by atoms with Gasteiger partial charge in [0.15, 0.2) is 9.84 Å². The van der Waals surface area contributed by atoms with Crippen LogP contribution in [-0.2, 0) is 9.84 Å². The molecule has 1 N–H and O–H groups in total. The van der Waals surface area contributed by atoms with Crippen molar-refractivity contribution in [2.45, 2.75) is 13.3 Å². The Hall–Kier alpha value is -1.37. The van der Waals surface area contributed by atoms with E-state index in [1.54, 1.807) is 12.4 Å². The molecule has 2 heterocycles. The van der Waals surface area contributed by atoms with Crippen molar-refractivity contribution >= 4 is 21.5 Å². The average molecular weight is 270 g/mol. The number of hydrogen-bond donors (Lipinski definition) is 1. The summed E-state index contributed by atoms with van der Waals surface area (Å²) in [6, 6.07) is 0. The number of hydrogen-bond acceptors (Lipinski definition) is 6. The van der Waals surface area contributed by atoms with Crippen LogP contribution in [0.4, 0.5) is 11.6 Å². The van der Waals surface area contributed by atoms with E-state index in [0.29, 0.717) is 19.5 Å². The van der Waals surface area contributed by atoms with E-state index in [0.717, 1.165) is 18.2 Å². The second-order valence-electron chi connectivity index (χ2n) is 4.29. The molecular formula is C11H18N4O2S. The highest BCUT2D eigenvalue weighted by molar-refractivity contribution is 7.91. The third-order valence-corrected chi connectivity index (χ3v) is 4.57. The maximum Gasteiger partial charge on any atom is 0.152 e. The number of rotatable bonds is 3. The zero-order chi connectivity index (χ0) is 13.0. The van der Waals surface area contributed by atoms with Crippen molar-refractivity contribution in [2.24, 2.45) is 0 Å². The lowest BCUT2D eigenvalue weighted by molar-refractivity contribution is 0.597. The Bertz CT molecular complexity index is 504. The Kier molecular flexibility index (Phi) is 4.00. The van der Waals surface area contributed by atoms with Crippen LogP contribution in [0.5, 0.6) is 0 Å². The Morgan fingerprint density at radius 1 is 1.33 bits per heavy atom. The molecule has 1 saturated heterocycles.